The lowest BCUT2D eigenvalue weighted by molar-refractivity contribution is -0.116. The smallest absolute Gasteiger partial charge is 0.281 e. The molecule has 0 spiro atoms. The first-order valence-corrected chi connectivity index (χ1v) is 9.03. The van der Waals surface area contributed by atoms with Crippen molar-refractivity contribution in [1.82, 2.24) is 14.3 Å². The molecule has 0 saturated carbocycles. The molecule has 0 radical (unpaired) electrons. The number of fused-ring (bicyclic) bond motifs is 1. The predicted molar refractivity (Wildman–Crippen MR) is 110 cm³/mol. The lowest BCUT2D eigenvalue weighted by Crippen LogP contribution is -2.27. The van der Waals surface area contributed by atoms with Crippen molar-refractivity contribution < 1.29 is 4.79 Å². The van der Waals surface area contributed by atoms with Crippen molar-refractivity contribution in [1.29, 1.82) is 0 Å². The molecule has 0 unspecified atom stereocenters. The fraction of sp³-hybridized carbons (Fsp3) is 0.136. The van der Waals surface area contributed by atoms with Gasteiger partial charge in [0.05, 0.1) is 11.1 Å². The molecule has 28 heavy (non-hydrogen) atoms. The Balaban J connectivity index is 1.82. The van der Waals surface area contributed by atoms with Gasteiger partial charge in [-0.2, -0.15) is 0 Å². The second-order valence-corrected chi connectivity index (χ2v) is 6.75. The van der Waals surface area contributed by atoms with Crippen LogP contribution in [0.5, 0.6) is 0 Å². The Hall–Kier alpha value is -3.67. The first-order chi connectivity index (χ1) is 13.5. The summed E-state index contributed by atoms with van der Waals surface area (Å²) in [7, 11) is 0. The molecule has 4 aromatic rings. The number of hydrogen-bond donors (Lipinski definition) is 1. The molecule has 0 atom stereocenters. The van der Waals surface area contributed by atoms with Crippen LogP contribution in [0.2, 0.25) is 0 Å². The molecule has 4 rings (SSSR count). The Labute approximate surface area is 162 Å². The normalized spacial score (nSPS) is 10.9. The van der Waals surface area contributed by atoms with Crippen LogP contribution in [0.4, 0.5) is 5.69 Å². The van der Waals surface area contributed by atoms with E-state index in [4.69, 9.17) is 0 Å². The molecular formula is C22H20N4O2. The molecule has 6 heteroatoms. The van der Waals surface area contributed by atoms with Crippen molar-refractivity contribution in [2.24, 2.45) is 0 Å². The number of rotatable bonds is 4. The third-order valence-corrected chi connectivity index (χ3v) is 4.63. The highest BCUT2D eigenvalue weighted by Gasteiger charge is 2.19. The number of carbonyl (C=O) groups is 1. The van der Waals surface area contributed by atoms with E-state index in [1.165, 1.54) is 4.68 Å². The largest absolute Gasteiger partial charge is 0.324 e. The number of amides is 1. The van der Waals surface area contributed by atoms with Crippen molar-refractivity contribution in [3.63, 3.8) is 0 Å². The van der Waals surface area contributed by atoms with Crippen molar-refractivity contribution in [3.8, 4) is 5.69 Å². The number of nitrogens with zero attached hydrogens (tertiary/aromatic N) is 3. The van der Waals surface area contributed by atoms with Gasteiger partial charge < -0.3 is 5.32 Å². The van der Waals surface area contributed by atoms with Gasteiger partial charge in [-0.3, -0.25) is 14.3 Å². The van der Waals surface area contributed by atoms with Gasteiger partial charge in [-0.1, -0.05) is 35.9 Å². The number of pyridine rings is 1. The average molecular weight is 372 g/mol. The summed E-state index contributed by atoms with van der Waals surface area (Å²) in [6, 6.07) is 18.6. The van der Waals surface area contributed by atoms with Crippen LogP contribution in [0.3, 0.4) is 0 Å². The number of para-hydroxylation sites is 1. The maximum Gasteiger partial charge on any atom is 0.281 e. The molecule has 6 nitrogen and oxygen atoms in total. The average Bonchev–Trinajstić information content (AvgIpc) is 2.95. The molecule has 140 valence electrons. The molecule has 0 fully saturated rings. The van der Waals surface area contributed by atoms with E-state index in [1.54, 1.807) is 23.0 Å². The van der Waals surface area contributed by atoms with E-state index in [1.807, 2.05) is 62.4 Å². The van der Waals surface area contributed by atoms with Crippen LogP contribution < -0.4 is 10.9 Å². The standard InChI is InChI=1S/C22H20N4O2/c1-15-10-11-19(16(2)13-15)26-22(28)18-9-6-12-23-21(18)25(26)14-20(27)24-17-7-4-3-5-8-17/h3-13H,14H2,1-2H3,(H,24,27). The van der Waals surface area contributed by atoms with Crippen LogP contribution in [0, 0.1) is 13.8 Å². The van der Waals surface area contributed by atoms with Gasteiger partial charge >= 0.3 is 0 Å². The van der Waals surface area contributed by atoms with Crippen LogP contribution in [0.1, 0.15) is 11.1 Å². The van der Waals surface area contributed by atoms with E-state index in [0.717, 1.165) is 16.8 Å². The number of nitrogens with one attached hydrogen (secondary N) is 1. The summed E-state index contributed by atoms with van der Waals surface area (Å²) in [5, 5.41) is 3.35. The summed E-state index contributed by atoms with van der Waals surface area (Å²) in [6.07, 6.45) is 1.62. The molecule has 0 bridgehead atoms. The quantitative estimate of drug-likeness (QED) is 0.597. The minimum absolute atomic E-state index is 0.0298. The zero-order chi connectivity index (χ0) is 19.7. The molecule has 2 heterocycles. The fourth-order valence-corrected chi connectivity index (χ4v) is 3.37. The topological polar surface area (TPSA) is 68.9 Å². The lowest BCUT2D eigenvalue weighted by Gasteiger charge is -2.14. The lowest BCUT2D eigenvalue weighted by atomic mass is 10.1. The molecular weight excluding hydrogens is 352 g/mol. The fourth-order valence-electron chi connectivity index (χ4n) is 3.37. The number of aryl methyl sites for hydroxylation is 2. The Morgan fingerprint density at radius 1 is 1.04 bits per heavy atom. The van der Waals surface area contributed by atoms with Gasteiger partial charge in [0.15, 0.2) is 5.65 Å². The van der Waals surface area contributed by atoms with Crippen LogP contribution in [-0.2, 0) is 11.3 Å². The highest BCUT2D eigenvalue weighted by Crippen LogP contribution is 2.18. The molecule has 2 aromatic heterocycles. The minimum atomic E-state index is -0.229. The molecule has 0 aliphatic rings. The van der Waals surface area contributed by atoms with Gasteiger partial charge in [-0.05, 0) is 49.7 Å². The Morgan fingerprint density at radius 2 is 1.82 bits per heavy atom. The predicted octanol–water partition coefficient (Wildman–Crippen LogP) is 3.44. The highest BCUT2D eigenvalue weighted by atomic mass is 16.2. The highest BCUT2D eigenvalue weighted by molar-refractivity contribution is 5.91. The second kappa shape index (κ2) is 7.15. The molecule has 2 aromatic carbocycles. The Kier molecular flexibility index (Phi) is 4.53. The number of benzene rings is 2. The summed E-state index contributed by atoms with van der Waals surface area (Å²) in [4.78, 5) is 30.1. The van der Waals surface area contributed by atoms with E-state index < -0.39 is 0 Å². The van der Waals surface area contributed by atoms with Gasteiger partial charge in [-0.15, -0.1) is 0 Å². The zero-order valence-corrected chi connectivity index (χ0v) is 15.7. The SMILES string of the molecule is Cc1ccc(-n2c(=O)c3cccnc3n2CC(=O)Nc2ccccc2)c(C)c1. The van der Waals surface area contributed by atoms with Crippen LogP contribution in [0.15, 0.2) is 71.7 Å². The van der Waals surface area contributed by atoms with Gasteiger partial charge in [0.2, 0.25) is 5.91 Å². The van der Waals surface area contributed by atoms with E-state index in [0.29, 0.717) is 16.7 Å². The monoisotopic (exact) mass is 372 g/mol. The van der Waals surface area contributed by atoms with Crippen LogP contribution in [0.25, 0.3) is 16.7 Å². The van der Waals surface area contributed by atoms with Crippen LogP contribution in [-0.4, -0.2) is 20.3 Å². The third-order valence-electron chi connectivity index (χ3n) is 4.63. The van der Waals surface area contributed by atoms with E-state index >= 15 is 0 Å². The summed E-state index contributed by atoms with van der Waals surface area (Å²) >= 11 is 0. The molecule has 1 amide bonds. The van der Waals surface area contributed by atoms with E-state index in [9.17, 15) is 9.59 Å². The summed E-state index contributed by atoms with van der Waals surface area (Å²) in [5.41, 5.74) is 3.79. The molecule has 0 saturated heterocycles. The number of aromatic nitrogens is 3. The Bertz CT molecular complexity index is 1220. The second-order valence-electron chi connectivity index (χ2n) is 6.75. The first kappa shape index (κ1) is 17.7. The molecule has 0 aliphatic heterocycles. The molecule has 0 aliphatic carbocycles. The number of hydrogen-bond acceptors (Lipinski definition) is 3. The van der Waals surface area contributed by atoms with E-state index in [2.05, 4.69) is 10.3 Å². The maximum absolute atomic E-state index is 13.1. The first-order valence-electron chi connectivity index (χ1n) is 9.03. The number of anilines is 1. The third kappa shape index (κ3) is 3.20. The van der Waals surface area contributed by atoms with Gasteiger partial charge in [0, 0.05) is 11.9 Å². The van der Waals surface area contributed by atoms with Crippen molar-refractivity contribution in [2.45, 2.75) is 20.4 Å². The summed E-state index contributed by atoms with van der Waals surface area (Å²) in [6.45, 7) is 3.93. The Morgan fingerprint density at radius 3 is 2.57 bits per heavy atom. The summed E-state index contributed by atoms with van der Waals surface area (Å²) in [5.74, 6) is -0.229. The van der Waals surface area contributed by atoms with Crippen molar-refractivity contribution in [3.05, 3.63) is 88.3 Å². The van der Waals surface area contributed by atoms with Gasteiger partial charge in [0.1, 0.15) is 6.54 Å². The van der Waals surface area contributed by atoms with Gasteiger partial charge in [-0.25, -0.2) is 9.67 Å². The van der Waals surface area contributed by atoms with Gasteiger partial charge in [0.25, 0.3) is 5.56 Å². The zero-order valence-electron chi connectivity index (χ0n) is 15.7. The maximum atomic E-state index is 13.1. The van der Waals surface area contributed by atoms with E-state index in [-0.39, 0.29) is 18.0 Å². The molecule has 1 N–H and O–H groups in total. The van der Waals surface area contributed by atoms with Crippen LogP contribution >= 0.6 is 0 Å². The minimum Gasteiger partial charge on any atom is -0.324 e. The van der Waals surface area contributed by atoms with Crippen molar-refractivity contribution in [2.75, 3.05) is 5.32 Å². The number of carbonyl (C=O) groups excluding carboxylic acids is 1. The van der Waals surface area contributed by atoms with Crippen molar-refractivity contribution >= 4 is 22.6 Å². The summed E-state index contributed by atoms with van der Waals surface area (Å²) < 4.78 is 3.17.